The number of fused-ring (bicyclic) bond motifs is 1. The average molecular weight is 282 g/mol. The molecule has 2 aliphatic rings. The minimum atomic E-state index is -3.51. The second kappa shape index (κ2) is 4.70. The topological polar surface area (TPSA) is 49.4 Å². The lowest BCUT2D eigenvalue weighted by Crippen LogP contribution is -2.44. The van der Waals surface area contributed by atoms with Gasteiger partial charge in [0.15, 0.2) is 0 Å². The number of halogens is 1. The van der Waals surface area contributed by atoms with Gasteiger partial charge in [0, 0.05) is 38.3 Å². The summed E-state index contributed by atoms with van der Waals surface area (Å²) in [6.07, 6.45) is 1.47. The number of rotatable bonds is 2. The average Bonchev–Trinajstić information content (AvgIpc) is 2.65. The van der Waals surface area contributed by atoms with E-state index in [1.54, 1.807) is 0 Å². The third-order valence-corrected chi connectivity index (χ3v) is 5.41. The van der Waals surface area contributed by atoms with Gasteiger partial charge in [-0.05, 0) is 18.2 Å². The van der Waals surface area contributed by atoms with Gasteiger partial charge in [-0.15, -0.1) is 0 Å². The van der Waals surface area contributed by atoms with E-state index in [9.17, 15) is 12.8 Å². The fourth-order valence-corrected chi connectivity index (χ4v) is 4.10. The molecule has 1 saturated heterocycles. The third kappa shape index (κ3) is 2.20. The van der Waals surface area contributed by atoms with Crippen molar-refractivity contribution in [2.45, 2.75) is 4.90 Å². The van der Waals surface area contributed by atoms with Crippen LogP contribution in [0.3, 0.4) is 0 Å². The predicted octanol–water partition coefficient (Wildman–Crippen LogP) is 0.859. The number of sulfone groups is 1. The maximum atomic E-state index is 13.7. The van der Waals surface area contributed by atoms with E-state index >= 15 is 0 Å². The lowest BCUT2D eigenvalue weighted by atomic mass is 10.2. The van der Waals surface area contributed by atoms with Gasteiger partial charge in [0.05, 0.1) is 9.80 Å². The second-order valence-electron chi connectivity index (χ2n) is 4.79. The summed E-state index contributed by atoms with van der Waals surface area (Å²) in [6.45, 7) is 3.69. The van der Waals surface area contributed by atoms with Crippen molar-refractivity contribution in [2.24, 2.45) is 0 Å². The van der Waals surface area contributed by atoms with Crippen LogP contribution in [0.1, 0.15) is 5.56 Å². The molecule has 0 amide bonds. The molecule has 1 aromatic rings. The number of benzene rings is 1. The van der Waals surface area contributed by atoms with Gasteiger partial charge in [-0.1, -0.05) is 6.07 Å². The highest BCUT2D eigenvalue weighted by Crippen LogP contribution is 2.34. The van der Waals surface area contributed by atoms with Crippen molar-refractivity contribution in [3.8, 4) is 0 Å². The molecule has 1 aromatic carbocycles. The van der Waals surface area contributed by atoms with Gasteiger partial charge in [-0.3, -0.25) is 4.90 Å². The molecule has 2 aliphatic heterocycles. The molecule has 6 heteroatoms. The summed E-state index contributed by atoms with van der Waals surface area (Å²) in [4.78, 5) is 2.47. The van der Waals surface area contributed by atoms with Crippen molar-refractivity contribution in [1.82, 2.24) is 10.2 Å². The molecule has 0 spiro atoms. The van der Waals surface area contributed by atoms with Crippen LogP contribution in [0.5, 0.6) is 0 Å². The molecule has 3 rings (SSSR count). The molecule has 0 aliphatic carbocycles. The van der Waals surface area contributed by atoms with E-state index in [1.807, 2.05) is 0 Å². The summed E-state index contributed by atoms with van der Waals surface area (Å²) in [6, 6.07) is 4.20. The molecular formula is C13H15FN2O2S. The van der Waals surface area contributed by atoms with Crippen molar-refractivity contribution in [3.63, 3.8) is 0 Å². The lowest BCUT2D eigenvalue weighted by Gasteiger charge is -2.27. The summed E-state index contributed by atoms with van der Waals surface area (Å²) in [7, 11) is -3.51. The Balaban J connectivity index is 1.92. The van der Waals surface area contributed by atoms with E-state index < -0.39 is 15.7 Å². The first kappa shape index (κ1) is 12.8. The third-order valence-electron chi connectivity index (χ3n) is 3.54. The summed E-state index contributed by atoms with van der Waals surface area (Å²) in [5.41, 5.74) is 0.202. The first-order chi connectivity index (χ1) is 9.09. The van der Waals surface area contributed by atoms with Crippen LogP contribution < -0.4 is 5.32 Å². The van der Waals surface area contributed by atoms with E-state index in [-0.39, 0.29) is 10.5 Å². The zero-order valence-electron chi connectivity index (χ0n) is 10.4. The van der Waals surface area contributed by atoms with Gasteiger partial charge < -0.3 is 5.32 Å². The van der Waals surface area contributed by atoms with E-state index in [4.69, 9.17) is 0 Å². The maximum Gasteiger partial charge on any atom is 0.204 e. The fraction of sp³-hybridized carbons (Fsp3) is 0.385. The molecule has 4 nitrogen and oxygen atoms in total. The monoisotopic (exact) mass is 282 g/mol. The molecular weight excluding hydrogens is 267 g/mol. The Morgan fingerprint density at radius 3 is 2.68 bits per heavy atom. The molecule has 102 valence electrons. The summed E-state index contributed by atoms with van der Waals surface area (Å²) in [5, 5.41) is 3.22. The summed E-state index contributed by atoms with van der Waals surface area (Å²) in [5.74, 6) is -0.476. The molecule has 2 heterocycles. The van der Waals surface area contributed by atoms with Gasteiger partial charge in [0.1, 0.15) is 5.82 Å². The lowest BCUT2D eigenvalue weighted by molar-refractivity contribution is 0.263. The van der Waals surface area contributed by atoms with E-state index in [1.165, 1.54) is 24.3 Å². The Morgan fingerprint density at radius 2 is 2.00 bits per heavy atom. The molecule has 0 saturated carbocycles. The molecule has 0 radical (unpaired) electrons. The molecule has 0 aromatic heterocycles. The fourth-order valence-electron chi connectivity index (χ4n) is 2.49. The van der Waals surface area contributed by atoms with E-state index in [2.05, 4.69) is 10.2 Å². The van der Waals surface area contributed by atoms with Crippen molar-refractivity contribution >= 4 is 15.9 Å². The number of nitrogens with zero attached hydrogens (tertiary/aromatic N) is 1. The van der Waals surface area contributed by atoms with Crippen molar-refractivity contribution in [1.29, 1.82) is 0 Å². The van der Waals surface area contributed by atoms with E-state index in [0.717, 1.165) is 26.2 Å². The van der Waals surface area contributed by atoms with Crippen LogP contribution in [0.15, 0.2) is 28.0 Å². The van der Waals surface area contributed by atoms with Crippen LogP contribution >= 0.6 is 0 Å². The Labute approximate surface area is 111 Å². The minimum absolute atomic E-state index is 0.0950. The first-order valence-electron chi connectivity index (χ1n) is 6.26. The number of nitrogens with one attached hydrogen (secondary N) is 1. The van der Waals surface area contributed by atoms with Gasteiger partial charge in [0.25, 0.3) is 0 Å². The van der Waals surface area contributed by atoms with Crippen LogP contribution in [0.25, 0.3) is 6.08 Å². The normalized spacial score (nSPS) is 22.1. The van der Waals surface area contributed by atoms with Gasteiger partial charge in [-0.2, -0.15) is 0 Å². The highest BCUT2D eigenvalue weighted by Gasteiger charge is 2.32. The Hall–Kier alpha value is -1.24. The number of piperazine rings is 1. The van der Waals surface area contributed by atoms with Gasteiger partial charge >= 0.3 is 0 Å². The molecule has 1 N–H and O–H groups in total. The number of hydrogen-bond acceptors (Lipinski definition) is 4. The SMILES string of the molecule is O=S1(=O)C(CN2CCNCC2)=Cc2c(F)cccc21. The summed E-state index contributed by atoms with van der Waals surface area (Å²) < 4.78 is 38.3. The second-order valence-corrected chi connectivity index (χ2v) is 6.76. The minimum Gasteiger partial charge on any atom is -0.314 e. The first-order valence-corrected chi connectivity index (χ1v) is 7.74. The van der Waals surface area contributed by atoms with Crippen molar-refractivity contribution < 1.29 is 12.8 Å². The van der Waals surface area contributed by atoms with Crippen LogP contribution in [0, 0.1) is 5.82 Å². The summed E-state index contributed by atoms with van der Waals surface area (Å²) >= 11 is 0. The molecule has 0 unspecified atom stereocenters. The van der Waals surface area contributed by atoms with Crippen LogP contribution in [-0.2, 0) is 9.84 Å². The van der Waals surface area contributed by atoms with Crippen LogP contribution in [-0.4, -0.2) is 46.0 Å². The smallest absolute Gasteiger partial charge is 0.204 e. The highest BCUT2D eigenvalue weighted by molar-refractivity contribution is 7.95. The standard InChI is InChI=1S/C13H15FN2O2S/c14-12-2-1-3-13-11(12)8-10(19(13,17)18)9-16-6-4-15-5-7-16/h1-3,8,15H,4-7,9H2. The van der Waals surface area contributed by atoms with Crippen LogP contribution in [0.4, 0.5) is 4.39 Å². The van der Waals surface area contributed by atoms with Gasteiger partial charge in [0.2, 0.25) is 9.84 Å². The van der Waals surface area contributed by atoms with E-state index in [0.29, 0.717) is 11.4 Å². The van der Waals surface area contributed by atoms with Gasteiger partial charge in [-0.25, -0.2) is 12.8 Å². The molecule has 0 atom stereocenters. The predicted molar refractivity (Wildman–Crippen MR) is 70.9 cm³/mol. The maximum absolute atomic E-state index is 13.7. The Morgan fingerprint density at radius 1 is 1.26 bits per heavy atom. The molecule has 1 fully saturated rings. The Kier molecular flexibility index (Phi) is 3.16. The van der Waals surface area contributed by atoms with Crippen molar-refractivity contribution in [3.05, 3.63) is 34.5 Å². The van der Waals surface area contributed by atoms with Crippen LogP contribution in [0.2, 0.25) is 0 Å². The zero-order valence-corrected chi connectivity index (χ0v) is 11.2. The van der Waals surface area contributed by atoms with Crippen molar-refractivity contribution in [2.75, 3.05) is 32.7 Å². The highest BCUT2D eigenvalue weighted by atomic mass is 32.2. The quantitative estimate of drug-likeness (QED) is 0.874. The largest absolute Gasteiger partial charge is 0.314 e. The molecule has 19 heavy (non-hydrogen) atoms. The zero-order chi connectivity index (χ0) is 13.5. The molecule has 0 bridgehead atoms. The number of hydrogen-bond donors (Lipinski definition) is 1. The Bertz CT molecular complexity index is 634.